The lowest BCUT2D eigenvalue weighted by Gasteiger charge is -2.13. The van der Waals surface area contributed by atoms with Crippen LogP contribution in [0.4, 0.5) is 0 Å². The Morgan fingerprint density at radius 3 is 2.42 bits per heavy atom. The second-order valence-electron chi connectivity index (χ2n) is 7.72. The number of hydrogen-bond acceptors (Lipinski definition) is 3. The van der Waals surface area contributed by atoms with Gasteiger partial charge in [0.25, 0.3) is 5.56 Å². The summed E-state index contributed by atoms with van der Waals surface area (Å²) < 4.78 is 4.67. The van der Waals surface area contributed by atoms with E-state index in [0.717, 1.165) is 22.4 Å². The number of rotatable bonds is 6. The molecular weight excluding hydrogens is 414 g/mol. The number of benzene rings is 2. The van der Waals surface area contributed by atoms with Gasteiger partial charge in [-0.2, -0.15) is 0 Å². The van der Waals surface area contributed by atoms with Crippen LogP contribution in [0, 0.1) is 6.92 Å². The molecule has 0 bridgehead atoms. The lowest BCUT2D eigenvalue weighted by molar-refractivity contribution is 0.277. The minimum atomic E-state index is -0.384. The summed E-state index contributed by atoms with van der Waals surface area (Å²) in [5, 5.41) is 9.85. The van der Waals surface area contributed by atoms with E-state index >= 15 is 0 Å². The van der Waals surface area contributed by atoms with Crippen molar-refractivity contribution in [2.75, 3.05) is 6.61 Å². The van der Waals surface area contributed by atoms with Gasteiger partial charge in [0.05, 0.1) is 11.2 Å². The molecule has 160 valence electrons. The molecule has 4 aromatic rings. The fraction of sp³-hybridized carbons (Fsp3) is 0.250. The highest BCUT2D eigenvalue weighted by Gasteiger charge is 2.19. The van der Waals surface area contributed by atoms with E-state index < -0.39 is 0 Å². The summed E-state index contributed by atoms with van der Waals surface area (Å²) in [5.41, 5.74) is 4.25. The lowest BCUT2D eigenvalue weighted by Crippen LogP contribution is -2.39. The van der Waals surface area contributed by atoms with E-state index in [1.807, 2.05) is 60.0 Å². The number of aromatic nitrogens is 3. The second-order valence-corrected chi connectivity index (χ2v) is 8.16. The second kappa shape index (κ2) is 8.57. The minimum Gasteiger partial charge on any atom is -0.396 e. The molecule has 1 N–H and O–H groups in total. The molecule has 0 unspecified atom stereocenters. The lowest BCUT2D eigenvalue weighted by atomic mass is 10.1. The van der Waals surface area contributed by atoms with Crippen molar-refractivity contribution in [2.24, 2.45) is 7.05 Å². The Bertz CT molecular complexity index is 1360. The molecule has 0 amide bonds. The highest BCUT2D eigenvalue weighted by atomic mass is 35.5. The summed E-state index contributed by atoms with van der Waals surface area (Å²) in [6.45, 7) is 2.56. The first-order valence-corrected chi connectivity index (χ1v) is 10.5. The summed E-state index contributed by atoms with van der Waals surface area (Å²) in [6.07, 6.45) is 0.337. The SMILES string of the molecule is Cc1cccc(-c2cc3c(c(=O)n(CCCO)c(=O)n3C)n2Cc2ccc(Cl)cc2)c1. The summed E-state index contributed by atoms with van der Waals surface area (Å²) in [5.74, 6) is 0. The molecule has 0 saturated carbocycles. The van der Waals surface area contributed by atoms with Crippen LogP contribution in [0.2, 0.25) is 5.02 Å². The predicted octanol–water partition coefficient (Wildman–Crippen LogP) is 3.56. The van der Waals surface area contributed by atoms with Crippen LogP contribution in [0.3, 0.4) is 0 Å². The van der Waals surface area contributed by atoms with Crippen molar-refractivity contribution in [3.8, 4) is 11.3 Å². The average Bonchev–Trinajstić information content (AvgIpc) is 3.13. The standard InChI is InChI=1S/C24H24ClN3O3/c1-16-5-3-6-18(13-16)20-14-21-22(28(20)15-17-7-9-19(25)10-8-17)23(30)27(11-4-12-29)24(31)26(21)2/h3,5-10,13-14,29H,4,11-12,15H2,1-2H3. The van der Waals surface area contributed by atoms with E-state index in [1.165, 1.54) is 9.13 Å². The van der Waals surface area contributed by atoms with Gasteiger partial charge >= 0.3 is 5.69 Å². The normalized spacial score (nSPS) is 11.4. The zero-order valence-corrected chi connectivity index (χ0v) is 18.3. The van der Waals surface area contributed by atoms with Crippen molar-refractivity contribution < 1.29 is 5.11 Å². The van der Waals surface area contributed by atoms with E-state index in [1.54, 1.807) is 7.05 Å². The third-order valence-electron chi connectivity index (χ3n) is 5.51. The predicted molar refractivity (Wildman–Crippen MR) is 124 cm³/mol. The number of halogens is 1. The molecule has 31 heavy (non-hydrogen) atoms. The smallest absolute Gasteiger partial charge is 0.331 e. The van der Waals surface area contributed by atoms with Crippen LogP contribution in [0.1, 0.15) is 17.5 Å². The molecule has 0 aliphatic carbocycles. The first-order valence-electron chi connectivity index (χ1n) is 10.2. The third kappa shape index (κ3) is 3.96. The quantitative estimate of drug-likeness (QED) is 0.501. The zero-order chi connectivity index (χ0) is 22.1. The molecular formula is C24H24ClN3O3. The topological polar surface area (TPSA) is 69.2 Å². The Labute approximate surface area is 184 Å². The van der Waals surface area contributed by atoms with Gasteiger partial charge < -0.3 is 9.67 Å². The largest absolute Gasteiger partial charge is 0.396 e. The number of nitrogens with zero attached hydrogens (tertiary/aromatic N) is 3. The number of aliphatic hydroxyl groups is 1. The first-order chi connectivity index (χ1) is 14.9. The van der Waals surface area contributed by atoms with Crippen molar-refractivity contribution in [1.82, 2.24) is 13.7 Å². The molecule has 0 atom stereocenters. The fourth-order valence-electron chi connectivity index (χ4n) is 3.92. The van der Waals surface area contributed by atoms with E-state index in [2.05, 4.69) is 6.07 Å². The molecule has 6 nitrogen and oxygen atoms in total. The molecule has 7 heteroatoms. The van der Waals surface area contributed by atoms with Crippen molar-refractivity contribution in [2.45, 2.75) is 26.4 Å². The van der Waals surface area contributed by atoms with Gasteiger partial charge in [-0.15, -0.1) is 0 Å². The Balaban J connectivity index is 2.03. The van der Waals surface area contributed by atoms with Crippen molar-refractivity contribution in [3.63, 3.8) is 0 Å². The van der Waals surface area contributed by atoms with Crippen molar-refractivity contribution in [3.05, 3.63) is 91.6 Å². The van der Waals surface area contributed by atoms with Crippen LogP contribution < -0.4 is 11.2 Å². The molecule has 0 spiro atoms. The van der Waals surface area contributed by atoms with Crippen LogP contribution in [-0.4, -0.2) is 25.4 Å². The molecule has 0 fully saturated rings. The maximum absolute atomic E-state index is 13.4. The monoisotopic (exact) mass is 437 g/mol. The molecule has 0 aliphatic heterocycles. The van der Waals surface area contributed by atoms with Crippen LogP contribution in [0.25, 0.3) is 22.3 Å². The molecule has 2 heterocycles. The Kier molecular flexibility index (Phi) is 5.85. The van der Waals surface area contributed by atoms with Gasteiger partial charge in [-0.25, -0.2) is 4.79 Å². The van der Waals surface area contributed by atoms with Crippen molar-refractivity contribution >= 4 is 22.6 Å². The van der Waals surface area contributed by atoms with Gasteiger partial charge in [-0.1, -0.05) is 47.5 Å². The highest BCUT2D eigenvalue weighted by molar-refractivity contribution is 6.30. The summed E-state index contributed by atoms with van der Waals surface area (Å²) in [4.78, 5) is 26.2. The highest BCUT2D eigenvalue weighted by Crippen LogP contribution is 2.28. The van der Waals surface area contributed by atoms with Gasteiger partial charge in [-0.05, 0) is 48.7 Å². The average molecular weight is 438 g/mol. The van der Waals surface area contributed by atoms with E-state index in [0.29, 0.717) is 29.0 Å². The van der Waals surface area contributed by atoms with Crippen LogP contribution in [0.15, 0.2) is 64.2 Å². The summed E-state index contributed by atoms with van der Waals surface area (Å²) >= 11 is 6.05. The Hall–Kier alpha value is -3.09. The zero-order valence-electron chi connectivity index (χ0n) is 17.5. The molecule has 0 aliphatic rings. The molecule has 2 aromatic carbocycles. The fourth-order valence-corrected chi connectivity index (χ4v) is 4.05. The van der Waals surface area contributed by atoms with E-state index in [4.69, 9.17) is 11.6 Å². The number of fused-ring (bicyclic) bond motifs is 1. The Morgan fingerprint density at radius 2 is 1.74 bits per heavy atom. The summed E-state index contributed by atoms with van der Waals surface area (Å²) in [7, 11) is 1.67. The first kappa shape index (κ1) is 21.2. The maximum Gasteiger partial charge on any atom is 0.331 e. The summed E-state index contributed by atoms with van der Waals surface area (Å²) in [6, 6.07) is 17.5. The number of aryl methyl sites for hydroxylation is 2. The van der Waals surface area contributed by atoms with Crippen molar-refractivity contribution in [1.29, 1.82) is 0 Å². The van der Waals surface area contributed by atoms with Crippen LogP contribution in [-0.2, 0) is 20.1 Å². The van der Waals surface area contributed by atoms with Gasteiger partial charge in [0.2, 0.25) is 0 Å². The Morgan fingerprint density at radius 1 is 1.00 bits per heavy atom. The van der Waals surface area contributed by atoms with Gasteiger partial charge in [0.1, 0.15) is 5.52 Å². The van der Waals surface area contributed by atoms with Gasteiger partial charge in [0, 0.05) is 31.8 Å². The number of aliphatic hydroxyl groups excluding tert-OH is 1. The molecule has 4 rings (SSSR count). The molecule has 2 aromatic heterocycles. The number of hydrogen-bond donors (Lipinski definition) is 1. The van der Waals surface area contributed by atoms with Crippen LogP contribution in [0.5, 0.6) is 0 Å². The van der Waals surface area contributed by atoms with Crippen LogP contribution >= 0.6 is 11.6 Å². The molecule has 0 radical (unpaired) electrons. The van der Waals surface area contributed by atoms with Gasteiger partial charge in [-0.3, -0.25) is 13.9 Å². The minimum absolute atomic E-state index is 0.0893. The van der Waals surface area contributed by atoms with E-state index in [9.17, 15) is 14.7 Å². The maximum atomic E-state index is 13.4. The third-order valence-corrected chi connectivity index (χ3v) is 5.76. The van der Waals surface area contributed by atoms with Gasteiger partial charge in [0.15, 0.2) is 0 Å². The molecule has 0 saturated heterocycles. The van der Waals surface area contributed by atoms with E-state index in [-0.39, 0.29) is 24.4 Å².